The van der Waals surface area contributed by atoms with Crippen LogP contribution in [0, 0.1) is 0 Å². The second-order valence-corrected chi connectivity index (χ2v) is 5.01. The SMILES string of the molecule is O=C1CCCC(=O)N1c1ccc(Nc2ccccc2)cc1. The zero-order valence-electron chi connectivity index (χ0n) is 11.6. The lowest BCUT2D eigenvalue weighted by Crippen LogP contribution is -2.40. The summed E-state index contributed by atoms with van der Waals surface area (Å²) < 4.78 is 0. The van der Waals surface area contributed by atoms with E-state index in [0.29, 0.717) is 24.9 Å². The molecule has 0 bridgehead atoms. The van der Waals surface area contributed by atoms with E-state index in [4.69, 9.17) is 0 Å². The van der Waals surface area contributed by atoms with Gasteiger partial charge in [0.25, 0.3) is 0 Å². The van der Waals surface area contributed by atoms with Gasteiger partial charge in [-0.05, 0) is 42.8 Å². The van der Waals surface area contributed by atoms with Crippen molar-refractivity contribution in [2.45, 2.75) is 19.3 Å². The first kappa shape index (κ1) is 13.4. The summed E-state index contributed by atoms with van der Waals surface area (Å²) in [4.78, 5) is 25.0. The van der Waals surface area contributed by atoms with Crippen LogP contribution in [0.15, 0.2) is 54.6 Å². The summed E-state index contributed by atoms with van der Waals surface area (Å²) in [7, 11) is 0. The highest BCUT2D eigenvalue weighted by molar-refractivity contribution is 6.16. The van der Waals surface area contributed by atoms with Gasteiger partial charge in [0, 0.05) is 24.2 Å². The first-order valence-electron chi connectivity index (χ1n) is 7.02. The van der Waals surface area contributed by atoms with Crippen LogP contribution in [0.25, 0.3) is 0 Å². The molecule has 1 heterocycles. The number of hydrogen-bond donors (Lipinski definition) is 1. The number of piperidine rings is 1. The Morgan fingerprint density at radius 1 is 0.762 bits per heavy atom. The predicted octanol–water partition coefficient (Wildman–Crippen LogP) is 3.47. The Morgan fingerprint density at radius 2 is 1.33 bits per heavy atom. The summed E-state index contributed by atoms with van der Waals surface area (Å²) in [6.07, 6.45) is 1.54. The third kappa shape index (κ3) is 2.94. The monoisotopic (exact) mass is 280 g/mol. The van der Waals surface area contributed by atoms with Gasteiger partial charge in [-0.3, -0.25) is 14.5 Å². The highest BCUT2D eigenvalue weighted by Gasteiger charge is 2.27. The lowest BCUT2D eigenvalue weighted by Gasteiger charge is -2.25. The number of hydrogen-bond acceptors (Lipinski definition) is 3. The summed E-state index contributed by atoms with van der Waals surface area (Å²) in [6, 6.07) is 17.2. The maximum Gasteiger partial charge on any atom is 0.233 e. The number of carbonyl (C=O) groups is 2. The molecule has 0 aromatic heterocycles. The summed E-state index contributed by atoms with van der Waals surface area (Å²) in [5.74, 6) is -0.231. The third-order valence-electron chi connectivity index (χ3n) is 3.47. The fourth-order valence-corrected chi connectivity index (χ4v) is 2.42. The molecular formula is C17H16N2O2. The van der Waals surface area contributed by atoms with Crippen molar-refractivity contribution >= 4 is 28.9 Å². The minimum atomic E-state index is -0.116. The molecule has 2 aromatic carbocycles. The molecule has 0 unspecified atom stereocenters. The van der Waals surface area contributed by atoms with Crippen LogP contribution in [0.1, 0.15) is 19.3 Å². The molecule has 0 radical (unpaired) electrons. The molecule has 0 atom stereocenters. The van der Waals surface area contributed by atoms with Gasteiger partial charge in [-0.1, -0.05) is 18.2 Å². The van der Waals surface area contributed by atoms with Crippen molar-refractivity contribution in [1.29, 1.82) is 0 Å². The number of anilines is 3. The van der Waals surface area contributed by atoms with Crippen LogP contribution in [-0.2, 0) is 9.59 Å². The first-order chi connectivity index (χ1) is 10.2. The molecule has 1 aliphatic heterocycles. The molecule has 2 amide bonds. The molecule has 2 aromatic rings. The molecule has 4 nitrogen and oxygen atoms in total. The van der Waals surface area contributed by atoms with Crippen LogP contribution in [-0.4, -0.2) is 11.8 Å². The van der Waals surface area contributed by atoms with E-state index in [0.717, 1.165) is 11.4 Å². The number of imide groups is 1. The lowest BCUT2D eigenvalue weighted by molar-refractivity contribution is -0.129. The Kier molecular flexibility index (Phi) is 3.69. The van der Waals surface area contributed by atoms with E-state index in [1.165, 1.54) is 4.90 Å². The lowest BCUT2D eigenvalue weighted by atomic mass is 10.1. The molecule has 1 aliphatic rings. The van der Waals surface area contributed by atoms with Crippen LogP contribution < -0.4 is 10.2 Å². The van der Waals surface area contributed by atoms with E-state index in [9.17, 15) is 9.59 Å². The molecule has 3 rings (SSSR count). The van der Waals surface area contributed by atoms with Crippen LogP contribution in [0.3, 0.4) is 0 Å². The van der Waals surface area contributed by atoms with Gasteiger partial charge in [-0.25, -0.2) is 0 Å². The maximum atomic E-state index is 11.9. The van der Waals surface area contributed by atoms with E-state index >= 15 is 0 Å². The Hall–Kier alpha value is -2.62. The van der Waals surface area contributed by atoms with Crippen molar-refractivity contribution in [2.24, 2.45) is 0 Å². The van der Waals surface area contributed by atoms with Gasteiger partial charge in [0.1, 0.15) is 0 Å². The van der Waals surface area contributed by atoms with Crippen molar-refractivity contribution in [1.82, 2.24) is 0 Å². The van der Waals surface area contributed by atoms with Gasteiger partial charge in [0.2, 0.25) is 11.8 Å². The predicted molar refractivity (Wildman–Crippen MR) is 82.5 cm³/mol. The number of nitrogens with zero attached hydrogens (tertiary/aromatic N) is 1. The van der Waals surface area contributed by atoms with Crippen LogP contribution in [0.5, 0.6) is 0 Å². The molecule has 4 heteroatoms. The standard InChI is InChI=1S/C17H16N2O2/c20-16-7-4-8-17(21)19(16)15-11-9-14(10-12-15)18-13-5-2-1-3-6-13/h1-3,5-6,9-12,18H,4,7-8H2. The largest absolute Gasteiger partial charge is 0.356 e. The molecule has 1 N–H and O–H groups in total. The first-order valence-corrected chi connectivity index (χ1v) is 7.02. The van der Waals surface area contributed by atoms with Crippen molar-refractivity contribution in [3.8, 4) is 0 Å². The number of carbonyl (C=O) groups excluding carboxylic acids is 2. The molecule has 0 spiro atoms. The molecule has 1 fully saturated rings. The Balaban J connectivity index is 1.77. The second kappa shape index (κ2) is 5.79. The summed E-state index contributed by atoms with van der Waals surface area (Å²) in [5, 5.41) is 3.27. The number of para-hydroxylation sites is 1. The molecule has 0 saturated carbocycles. The molecule has 106 valence electrons. The Labute approximate surface area is 123 Å². The number of nitrogens with one attached hydrogen (secondary N) is 1. The minimum absolute atomic E-state index is 0.116. The summed E-state index contributed by atoms with van der Waals surface area (Å²) >= 11 is 0. The maximum absolute atomic E-state index is 11.9. The fourth-order valence-electron chi connectivity index (χ4n) is 2.42. The van der Waals surface area contributed by atoms with Crippen molar-refractivity contribution < 1.29 is 9.59 Å². The Morgan fingerprint density at radius 3 is 1.95 bits per heavy atom. The average molecular weight is 280 g/mol. The van der Waals surface area contributed by atoms with E-state index in [1.54, 1.807) is 12.1 Å². The molecular weight excluding hydrogens is 264 g/mol. The van der Waals surface area contributed by atoms with E-state index in [1.807, 2.05) is 42.5 Å². The number of benzene rings is 2. The Bertz CT molecular complexity index is 634. The zero-order chi connectivity index (χ0) is 14.7. The minimum Gasteiger partial charge on any atom is -0.356 e. The third-order valence-corrected chi connectivity index (χ3v) is 3.47. The topological polar surface area (TPSA) is 49.4 Å². The summed E-state index contributed by atoms with van der Waals surface area (Å²) in [5.41, 5.74) is 2.56. The van der Waals surface area contributed by atoms with Crippen molar-refractivity contribution in [3.63, 3.8) is 0 Å². The normalized spacial score (nSPS) is 15.1. The van der Waals surface area contributed by atoms with Gasteiger partial charge in [-0.2, -0.15) is 0 Å². The van der Waals surface area contributed by atoms with Gasteiger partial charge in [-0.15, -0.1) is 0 Å². The summed E-state index contributed by atoms with van der Waals surface area (Å²) in [6.45, 7) is 0. The van der Waals surface area contributed by atoms with E-state index < -0.39 is 0 Å². The second-order valence-electron chi connectivity index (χ2n) is 5.01. The average Bonchev–Trinajstić information content (AvgIpc) is 2.50. The van der Waals surface area contributed by atoms with Gasteiger partial charge in [0.15, 0.2) is 0 Å². The number of rotatable bonds is 3. The van der Waals surface area contributed by atoms with E-state index in [-0.39, 0.29) is 11.8 Å². The van der Waals surface area contributed by atoms with Crippen molar-refractivity contribution in [2.75, 3.05) is 10.2 Å². The molecule has 21 heavy (non-hydrogen) atoms. The zero-order valence-corrected chi connectivity index (χ0v) is 11.6. The van der Waals surface area contributed by atoms with Gasteiger partial charge in [0.05, 0.1) is 5.69 Å². The molecule has 0 aliphatic carbocycles. The highest BCUT2D eigenvalue weighted by atomic mass is 16.2. The van der Waals surface area contributed by atoms with Crippen LogP contribution in [0.4, 0.5) is 17.1 Å². The highest BCUT2D eigenvalue weighted by Crippen LogP contribution is 2.24. The van der Waals surface area contributed by atoms with Crippen LogP contribution in [0.2, 0.25) is 0 Å². The molecule has 1 saturated heterocycles. The van der Waals surface area contributed by atoms with Crippen molar-refractivity contribution in [3.05, 3.63) is 54.6 Å². The number of amides is 2. The van der Waals surface area contributed by atoms with Crippen LogP contribution >= 0.6 is 0 Å². The fraction of sp³-hybridized carbons (Fsp3) is 0.176. The van der Waals surface area contributed by atoms with Gasteiger partial charge < -0.3 is 5.32 Å². The quantitative estimate of drug-likeness (QED) is 0.876. The van der Waals surface area contributed by atoms with Gasteiger partial charge >= 0.3 is 0 Å². The van der Waals surface area contributed by atoms with E-state index in [2.05, 4.69) is 5.32 Å². The smallest absolute Gasteiger partial charge is 0.233 e.